The van der Waals surface area contributed by atoms with Gasteiger partial charge in [-0.15, -0.1) is 0 Å². The summed E-state index contributed by atoms with van der Waals surface area (Å²) in [6.45, 7) is 6.61. The first kappa shape index (κ1) is 77.4. The van der Waals surface area contributed by atoms with E-state index in [4.69, 9.17) is 14.2 Å². The third-order valence-electron chi connectivity index (χ3n) is 16.1. The van der Waals surface area contributed by atoms with Gasteiger partial charge >= 0.3 is 17.9 Å². The smallest absolute Gasteiger partial charge is 0.306 e. The highest BCUT2D eigenvalue weighted by Gasteiger charge is 2.19. The zero-order chi connectivity index (χ0) is 57.8. The fourth-order valence-electron chi connectivity index (χ4n) is 10.8. The molecule has 0 aliphatic rings. The summed E-state index contributed by atoms with van der Waals surface area (Å²) in [4.78, 5) is 38.5. The van der Waals surface area contributed by atoms with Crippen LogP contribution in [-0.2, 0) is 28.6 Å². The van der Waals surface area contributed by atoms with Crippen LogP contribution in [0.25, 0.3) is 0 Å². The zero-order valence-corrected chi connectivity index (χ0v) is 53.9. The molecule has 0 aromatic carbocycles. The highest BCUT2D eigenvalue weighted by Crippen LogP contribution is 2.19. The number of carbonyl (C=O) groups is 3. The van der Waals surface area contributed by atoms with Gasteiger partial charge < -0.3 is 14.2 Å². The molecule has 0 saturated carbocycles. The monoisotopic (exact) mass is 1120 g/mol. The van der Waals surface area contributed by atoms with E-state index in [9.17, 15) is 14.4 Å². The summed E-state index contributed by atoms with van der Waals surface area (Å²) in [5.74, 6) is -0.837. The van der Waals surface area contributed by atoms with E-state index in [-0.39, 0.29) is 31.1 Å². The molecular formula is C74H136O6. The van der Waals surface area contributed by atoms with Gasteiger partial charge in [0.25, 0.3) is 0 Å². The van der Waals surface area contributed by atoms with E-state index in [1.54, 1.807) is 0 Å². The third kappa shape index (κ3) is 66.2. The van der Waals surface area contributed by atoms with Crippen molar-refractivity contribution in [2.75, 3.05) is 13.2 Å². The van der Waals surface area contributed by atoms with E-state index in [0.717, 1.165) is 83.5 Å². The average molecular weight is 1120 g/mol. The maximum Gasteiger partial charge on any atom is 0.306 e. The van der Waals surface area contributed by atoms with Gasteiger partial charge in [0, 0.05) is 19.3 Å². The van der Waals surface area contributed by atoms with Crippen molar-refractivity contribution in [3.8, 4) is 0 Å². The van der Waals surface area contributed by atoms with Gasteiger partial charge in [-0.1, -0.05) is 358 Å². The van der Waals surface area contributed by atoms with E-state index in [2.05, 4.69) is 69.4 Å². The Morgan fingerprint density at radius 1 is 0.263 bits per heavy atom. The molecule has 0 aliphatic heterocycles. The van der Waals surface area contributed by atoms with E-state index < -0.39 is 6.10 Å². The normalized spacial score (nSPS) is 12.3. The molecule has 0 radical (unpaired) electrons. The fraction of sp³-hybridized carbons (Fsp3) is 0.851. The van der Waals surface area contributed by atoms with Crippen molar-refractivity contribution < 1.29 is 28.6 Å². The van der Waals surface area contributed by atoms with Gasteiger partial charge in [0.2, 0.25) is 0 Å². The standard InChI is InChI=1S/C74H136O6/c1-4-7-10-13-16-19-22-25-28-31-34-35-36-37-38-39-41-43-46-49-52-55-58-61-64-67-73(76)79-70-71(69-78-72(75)66-63-60-57-54-51-48-45-42-33-30-27-24-21-18-15-12-9-6-3)80-74(77)68-65-62-59-56-53-50-47-44-40-32-29-26-23-20-17-14-11-8-5-2/h7,10,16,19,25,28,34-35,71H,4-6,8-9,11-15,17-18,20-24,26-27,29-33,36-70H2,1-3H3/b10-7-,19-16-,28-25-,35-34-. The Bertz CT molecular complexity index is 1380. The number of esters is 3. The fourth-order valence-corrected chi connectivity index (χ4v) is 10.8. The SMILES string of the molecule is CC/C=C\C/C=C\C/C=C\C/C=C\CCCCCCCCCCCCCCC(=O)OCC(COC(=O)CCCCCCCCCCCCCCCCCCCC)OC(=O)CCCCCCCCCCCCCCCCCCCCC. The van der Waals surface area contributed by atoms with Gasteiger partial charge in [0.15, 0.2) is 6.10 Å². The Morgan fingerprint density at radius 3 is 0.762 bits per heavy atom. The van der Waals surface area contributed by atoms with Crippen LogP contribution in [0.15, 0.2) is 48.6 Å². The minimum Gasteiger partial charge on any atom is -0.462 e. The summed E-state index contributed by atoms with van der Waals surface area (Å²) in [5, 5.41) is 0. The lowest BCUT2D eigenvalue weighted by molar-refractivity contribution is -0.167. The lowest BCUT2D eigenvalue weighted by Crippen LogP contribution is -2.30. The lowest BCUT2D eigenvalue weighted by atomic mass is 10.0. The van der Waals surface area contributed by atoms with Crippen molar-refractivity contribution in [3.63, 3.8) is 0 Å². The summed E-state index contributed by atoms with van der Waals surface area (Å²) in [5.41, 5.74) is 0. The molecule has 0 heterocycles. The lowest BCUT2D eigenvalue weighted by Gasteiger charge is -2.18. The van der Waals surface area contributed by atoms with Crippen molar-refractivity contribution in [3.05, 3.63) is 48.6 Å². The summed E-state index contributed by atoms with van der Waals surface area (Å²) < 4.78 is 17.0. The molecule has 0 aromatic rings. The molecule has 468 valence electrons. The first-order valence-corrected chi connectivity index (χ1v) is 35.6. The number of rotatable bonds is 66. The summed E-state index contributed by atoms with van der Waals surface area (Å²) in [6, 6.07) is 0. The van der Waals surface area contributed by atoms with Crippen LogP contribution < -0.4 is 0 Å². The predicted octanol–water partition coefficient (Wildman–Crippen LogP) is 24.5. The van der Waals surface area contributed by atoms with Gasteiger partial charge in [0.1, 0.15) is 13.2 Å². The molecule has 6 nitrogen and oxygen atoms in total. The summed E-state index contributed by atoms with van der Waals surface area (Å²) in [6.07, 6.45) is 87.0. The molecule has 80 heavy (non-hydrogen) atoms. The summed E-state index contributed by atoms with van der Waals surface area (Å²) >= 11 is 0. The van der Waals surface area contributed by atoms with E-state index in [1.807, 2.05) is 0 Å². The average Bonchev–Trinajstić information content (AvgIpc) is 3.46. The minimum absolute atomic E-state index is 0.0667. The van der Waals surface area contributed by atoms with Crippen LogP contribution in [0.5, 0.6) is 0 Å². The van der Waals surface area contributed by atoms with Crippen molar-refractivity contribution in [2.45, 2.75) is 393 Å². The Kier molecular flexibility index (Phi) is 66.6. The number of allylic oxidation sites excluding steroid dienone is 8. The first-order valence-electron chi connectivity index (χ1n) is 35.6. The van der Waals surface area contributed by atoms with Crippen molar-refractivity contribution in [1.29, 1.82) is 0 Å². The van der Waals surface area contributed by atoms with Crippen molar-refractivity contribution in [2.24, 2.45) is 0 Å². The molecule has 6 heteroatoms. The van der Waals surface area contributed by atoms with Crippen molar-refractivity contribution in [1.82, 2.24) is 0 Å². The first-order chi connectivity index (χ1) is 39.5. The van der Waals surface area contributed by atoms with Gasteiger partial charge in [0.05, 0.1) is 0 Å². The molecule has 0 aromatic heterocycles. The van der Waals surface area contributed by atoms with Crippen molar-refractivity contribution >= 4 is 17.9 Å². The second kappa shape index (κ2) is 68.9. The van der Waals surface area contributed by atoms with Crippen LogP contribution in [0.1, 0.15) is 387 Å². The number of carbonyl (C=O) groups excluding carboxylic acids is 3. The van der Waals surface area contributed by atoms with Crippen LogP contribution in [0.3, 0.4) is 0 Å². The van der Waals surface area contributed by atoms with Gasteiger partial charge in [-0.25, -0.2) is 0 Å². The van der Waals surface area contributed by atoms with Gasteiger partial charge in [-0.05, 0) is 57.8 Å². The maximum atomic E-state index is 13.0. The Balaban J connectivity index is 4.29. The molecule has 1 atom stereocenters. The number of hydrogen-bond donors (Lipinski definition) is 0. The summed E-state index contributed by atoms with van der Waals surface area (Å²) in [7, 11) is 0. The molecule has 0 bridgehead atoms. The van der Waals surface area contributed by atoms with Crippen LogP contribution in [0, 0.1) is 0 Å². The number of ether oxygens (including phenoxy) is 3. The molecule has 0 fully saturated rings. The highest BCUT2D eigenvalue weighted by molar-refractivity contribution is 5.71. The Hall–Kier alpha value is -2.63. The second-order valence-corrected chi connectivity index (χ2v) is 24.1. The topological polar surface area (TPSA) is 78.9 Å². The maximum absolute atomic E-state index is 13.0. The third-order valence-corrected chi connectivity index (χ3v) is 16.1. The largest absolute Gasteiger partial charge is 0.462 e. The van der Waals surface area contributed by atoms with Crippen LogP contribution in [-0.4, -0.2) is 37.2 Å². The second-order valence-electron chi connectivity index (χ2n) is 24.1. The number of unbranched alkanes of at least 4 members (excludes halogenated alkanes) is 47. The van der Waals surface area contributed by atoms with E-state index >= 15 is 0 Å². The van der Waals surface area contributed by atoms with E-state index in [1.165, 1.54) is 263 Å². The quantitative estimate of drug-likeness (QED) is 0.0261. The zero-order valence-electron chi connectivity index (χ0n) is 53.9. The van der Waals surface area contributed by atoms with Crippen LogP contribution in [0.4, 0.5) is 0 Å². The van der Waals surface area contributed by atoms with Gasteiger partial charge in [-0.3, -0.25) is 14.4 Å². The molecule has 0 rings (SSSR count). The molecular weight excluding hydrogens is 985 g/mol. The molecule has 0 aliphatic carbocycles. The highest BCUT2D eigenvalue weighted by atomic mass is 16.6. The molecule has 0 N–H and O–H groups in total. The molecule has 0 saturated heterocycles. The Morgan fingerprint density at radius 2 is 0.487 bits per heavy atom. The van der Waals surface area contributed by atoms with Crippen LogP contribution in [0.2, 0.25) is 0 Å². The molecule has 0 amide bonds. The Labute approximate surface area is 498 Å². The van der Waals surface area contributed by atoms with E-state index in [0.29, 0.717) is 19.3 Å². The van der Waals surface area contributed by atoms with Gasteiger partial charge in [-0.2, -0.15) is 0 Å². The molecule has 0 spiro atoms. The predicted molar refractivity (Wildman–Crippen MR) is 349 cm³/mol. The molecule has 1 unspecified atom stereocenters. The minimum atomic E-state index is -0.771. The van der Waals surface area contributed by atoms with Crippen LogP contribution >= 0.6 is 0 Å². The number of hydrogen-bond acceptors (Lipinski definition) is 6.